The summed E-state index contributed by atoms with van der Waals surface area (Å²) in [6, 6.07) is 4.37. The normalized spacial score (nSPS) is 18.9. The fourth-order valence-corrected chi connectivity index (χ4v) is 3.39. The predicted octanol–water partition coefficient (Wildman–Crippen LogP) is 1.71. The molecular formula is C18H28N4O2. The molecule has 1 aliphatic carbocycles. The zero-order valence-electron chi connectivity index (χ0n) is 14.4. The third-order valence-corrected chi connectivity index (χ3v) is 5.05. The molecule has 1 aromatic rings. The van der Waals surface area contributed by atoms with Gasteiger partial charge in [-0.1, -0.05) is 6.92 Å². The molecule has 24 heavy (non-hydrogen) atoms. The third-order valence-electron chi connectivity index (χ3n) is 5.05. The van der Waals surface area contributed by atoms with Crippen LogP contribution in [0.2, 0.25) is 0 Å². The number of carbonyl (C=O) groups excluding carboxylic acids is 1. The molecule has 0 radical (unpaired) electrons. The average Bonchev–Trinajstić information content (AvgIpc) is 3.45. The van der Waals surface area contributed by atoms with Crippen LogP contribution in [0.3, 0.4) is 0 Å². The van der Waals surface area contributed by atoms with Crippen LogP contribution in [0.5, 0.6) is 0 Å². The fourth-order valence-electron chi connectivity index (χ4n) is 3.39. The van der Waals surface area contributed by atoms with E-state index in [1.807, 2.05) is 12.1 Å². The van der Waals surface area contributed by atoms with Crippen LogP contribution in [0.25, 0.3) is 0 Å². The van der Waals surface area contributed by atoms with Gasteiger partial charge in [0.25, 0.3) is 0 Å². The number of piperidine rings is 1. The summed E-state index contributed by atoms with van der Waals surface area (Å²) in [5, 5.41) is 12.3. The molecule has 0 atom stereocenters. The second-order valence-corrected chi connectivity index (χ2v) is 6.83. The first-order valence-corrected chi connectivity index (χ1v) is 9.06. The molecular weight excluding hydrogens is 304 g/mol. The van der Waals surface area contributed by atoms with E-state index in [-0.39, 0.29) is 12.5 Å². The van der Waals surface area contributed by atoms with Gasteiger partial charge >= 0.3 is 0 Å². The van der Waals surface area contributed by atoms with Crippen molar-refractivity contribution in [2.75, 3.05) is 43.0 Å². The summed E-state index contributed by atoms with van der Waals surface area (Å²) < 4.78 is 0. The molecule has 0 spiro atoms. The lowest BCUT2D eigenvalue weighted by Crippen LogP contribution is -2.37. The molecule has 3 rings (SSSR count). The Morgan fingerprint density at radius 1 is 1.38 bits per heavy atom. The van der Waals surface area contributed by atoms with Gasteiger partial charge in [-0.05, 0) is 50.3 Å². The summed E-state index contributed by atoms with van der Waals surface area (Å²) in [6.07, 6.45) is 6.11. The molecule has 0 bridgehead atoms. The molecule has 2 fully saturated rings. The van der Waals surface area contributed by atoms with E-state index in [0.29, 0.717) is 18.5 Å². The summed E-state index contributed by atoms with van der Waals surface area (Å²) >= 11 is 0. The first kappa shape index (κ1) is 17.2. The van der Waals surface area contributed by atoms with Gasteiger partial charge in [-0.15, -0.1) is 0 Å². The van der Waals surface area contributed by atoms with E-state index in [0.717, 1.165) is 44.0 Å². The third kappa shape index (κ3) is 4.24. The molecule has 132 valence electrons. The highest BCUT2D eigenvalue weighted by Crippen LogP contribution is 2.28. The number of hydrogen-bond donors (Lipinski definition) is 2. The monoisotopic (exact) mass is 332 g/mol. The van der Waals surface area contributed by atoms with Crippen LogP contribution in [0, 0.1) is 5.92 Å². The topological polar surface area (TPSA) is 68.7 Å². The van der Waals surface area contributed by atoms with Gasteiger partial charge in [-0.2, -0.15) is 0 Å². The van der Waals surface area contributed by atoms with Gasteiger partial charge in [0.1, 0.15) is 0 Å². The van der Waals surface area contributed by atoms with Gasteiger partial charge in [0, 0.05) is 31.9 Å². The molecule has 0 aromatic carbocycles. The van der Waals surface area contributed by atoms with Gasteiger partial charge in [0.15, 0.2) is 5.82 Å². The maximum Gasteiger partial charge on any atom is 0.238 e. The van der Waals surface area contributed by atoms with E-state index in [9.17, 15) is 9.90 Å². The van der Waals surface area contributed by atoms with Gasteiger partial charge in [-0.25, -0.2) is 4.98 Å². The second-order valence-electron chi connectivity index (χ2n) is 6.83. The van der Waals surface area contributed by atoms with Crippen molar-refractivity contribution in [1.82, 2.24) is 9.88 Å². The summed E-state index contributed by atoms with van der Waals surface area (Å²) in [7, 11) is 0. The highest BCUT2D eigenvalue weighted by Gasteiger charge is 2.29. The van der Waals surface area contributed by atoms with Gasteiger partial charge in [0.05, 0.1) is 12.2 Å². The van der Waals surface area contributed by atoms with Crippen LogP contribution in [-0.4, -0.2) is 59.7 Å². The first-order chi connectivity index (χ1) is 11.7. The molecule has 2 heterocycles. The highest BCUT2D eigenvalue weighted by atomic mass is 16.3. The zero-order valence-corrected chi connectivity index (χ0v) is 14.4. The number of anilines is 2. The molecule has 0 unspecified atom stereocenters. The number of rotatable bonds is 7. The number of aromatic nitrogens is 1. The number of hydrogen-bond acceptors (Lipinski definition) is 5. The maximum absolute atomic E-state index is 12.4. The number of aliphatic hydroxyl groups is 1. The number of carbonyl (C=O) groups is 1. The smallest absolute Gasteiger partial charge is 0.238 e. The predicted molar refractivity (Wildman–Crippen MR) is 95.2 cm³/mol. The lowest BCUT2D eigenvalue weighted by molar-refractivity contribution is -0.117. The molecule has 1 amide bonds. The van der Waals surface area contributed by atoms with E-state index in [4.69, 9.17) is 0 Å². The lowest BCUT2D eigenvalue weighted by Gasteiger charge is -2.33. The van der Waals surface area contributed by atoms with Crippen LogP contribution in [0.4, 0.5) is 11.5 Å². The SMILES string of the molecule is CCN(CC(=O)Nc1cccnc1N1CCC(CO)CC1)C1CC1. The largest absolute Gasteiger partial charge is 0.396 e. The Balaban J connectivity index is 1.62. The number of amides is 1. The molecule has 1 saturated carbocycles. The van der Waals surface area contributed by atoms with Crippen molar-refractivity contribution in [2.24, 2.45) is 5.92 Å². The fraction of sp³-hybridized carbons (Fsp3) is 0.667. The van der Waals surface area contributed by atoms with E-state index >= 15 is 0 Å². The molecule has 6 heteroatoms. The van der Waals surface area contributed by atoms with Crippen LogP contribution in [0.15, 0.2) is 18.3 Å². The minimum absolute atomic E-state index is 0.0308. The Labute approximate surface area is 143 Å². The van der Waals surface area contributed by atoms with Crippen molar-refractivity contribution < 1.29 is 9.90 Å². The van der Waals surface area contributed by atoms with Crippen molar-refractivity contribution in [2.45, 2.75) is 38.6 Å². The van der Waals surface area contributed by atoms with Crippen molar-refractivity contribution >= 4 is 17.4 Å². The number of aliphatic hydroxyl groups excluding tert-OH is 1. The minimum atomic E-state index is 0.0308. The maximum atomic E-state index is 12.4. The summed E-state index contributed by atoms with van der Waals surface area (Å²) in [5.41, 5.74) is 0.789. The van der Waals surface area contributed by atoms with Crippen molar-refractivity contribution in [1.29, 1.82) is 0 Å². The van der Waals surface area contributed by atoms with E-state index < -0.39 is 0 Å². The molecule has 6 nitrogen and oxygen atoms in total. The summed E-state index contributed by atoms with van der Waals surface area (Å²) in [5.74, 6) is 1.26. The average molecular weight is 332 g/mol. The Hall–Kier alpha value is -1.66. The molecule has 2 N–H and O–H groups in total. The van der Waals surface area contributed by atoms with Crippen molar-refractivity contribution in [3.8, 4) is 0 Å². The molecule has 1 aliphatic heterocycles. The van der Waals surface area contributed by atoms with Crippen molar-refractivity contribution in [3.05, 3.63) is 18.3 Å². The Bertz CT molecular complexity index is 554. The summed E-state index contributed by atoms with van der Waals surface area (Å²) in [6.45, 7) is 5.46. The Morgan fingerprint density at radius 3 is 2.75 bits per heavy atom. The van der Waals surface area contributed by atoms with Gasteiger partial charge in [-0.3, -0.25) is 9.69 Å². The first-order valence-electron chi connectivity index (χ1n) is 9.06. The van der Waals surface area contributed by atoms with Crippen LogP contribution in [0.1, 0.15) is 32.6 Å². The van der Waals surface area contributed by atoms with E-state index in [2.05, 4.69) is 27.0 Å². The van der Waals surface area contributed by atoms with Gasteiger partial charge in [0.2, 0.25) is 5.91 Å². The van der Waals surface area contributed by atoms with Gasteiger partial charge < -0.3 is 15.3 Å². The van der Waals surface area contributed by atoms with E-state index in [1.165, 1.54) is 12.8 Å². The standard InChI is InChI=1S/C18H28N4O2/c1-2-21(15-5-6-15)12-17(24)20-16-4-3-9-19-18(16)22-10-7-14(13-23)8-11-22/h3-4,9,14-15,23H,2,5-8,10-13H2,1H3,(H,20,24). The number of nitrogens with one attached hydrogen (secondary N) is 1. The zero-order chi connectivity index (χ0) is 16.9. The van der Waals surface area contributed by atoms with E-state index in [1.54, 1.807) is 6.20 Å². The van der Waals surface area contributed by atoms with Crippen LogP contribution in [-0.2, 0) is 4.79 Å². The molecule has 1 saturated heterocycles. The Morgan fingerprint density at radius 2 is 2.12 bits per heavy atom. The molecule has 2 aliphatic rings. The highest BCUT2D eigenvalue weighted by molar-refractivity contribution is 5.95. The number of nitrogens with zero attached hydrogens (tertiary/aromatic N) is 3. The number of pyridine rings is 1. The minimum Gasteiger partial charge on any atom is -0.396 e. The van der Waals surface area contributed by atoms with Crippen LogP contribution >= 0.6 is 0 Å². The quantitative estimate of drug-likeness (QED) is 0.796. The lowest BCUT2D eigenvalue weighted by atomic mass is 9.98. The number of likely N-dealkylation sites (N-methyl/N-ethyl adjacent to an activating group) is 1. The van der Waals surface area contributed by atoms with Crippen molar-refractivity contribution in [3.63, 3.8) is 0 Å². The summed E-state index contributed by atoms with van der Waals surface area (Å²) in [4.78, 5) is 21.3. The molecule has 1 aromatic heterocycles. The van der Waals surface area contributed by atoms with Crippen LogP contribution < -0.4 is 10.2 Å². The second kappa shape index (κ2) is 7.94. The Kier molecular flexibility index (Phi) is 5.68.